The molecule has 2 rings (SSSR count). The van der Waals surface area contributed by atoms with Gasteiger partial charge in [-0.15, -0.1) is 0 Å². The van der Waals surface area contributed by atoms with Crippen LogP contribution < -0.4 is 0 Å². The molecule has 0 radical (unpaired) electrons. The molecule has 2 nitrogen and oxygen atoms in total. The lowest BCUT2D eigenvalue weighted by atomic mass is 9.85. The maximum absolute atomic E-state index is 13.5. The first-order valence-corrected chi connectivity index (χ1v) is 5.11. The molecule has 0 spiro atoms. The highest BCUT2D eigenvalue weighted by Gasteiger charge is 2.23. The maximum Gasteiger partial charge on any atom is 0.217 e. The summed E-state index contributed by atoms with van der Waals surface area (Å²) in [5.74, 6) is -0.419. The predicted octanol–water partition coefficient (Wildman–Crippen LogP) is 3.65. The molecule has 0 fully saturated rings. The standard InChI is InChI=1S/C11H12ClFN2/c1-11(2,3)9-6(12)4-5-7-8(9)10(13)15-14-7/h4-5H,1-3H3,(H,14,15). The second kappa shape index (κ2) is 3.20. The van der Waals surface area contributed by atoms with E-state index in [1.165, 1.54) is 0 Å². The smallest absolute Gasteiger partial charge is 0.217 e. The third-order valence-electron chi connectivity index (χ3n) is 2.38. The van der Waals surface area contributed by atoms with E-state index in [0.29, 0.717) is 15.9 Å². The maximum atomic E-state index is 13.5. The second-order valence-corrected chi connectivity index (χ2v) is 5.01. The van der Waals surface area contributed by atoms with Crippen LogP contribution in [-0.2, 0) is 5.41 Å². The predicted molar refractivity (Wildman–Crippen MR) is 59.8 cm³/mol. The van der Waals surface area contributed by atoms with E-state index >= 15 is 0 Å². The van der Waals surface area contributed by atoms with Gasteiger partial charge < -0.3 is 0 Å². The van der Waals surface area contributed by atoms with Gasteiger partial charge in [-0.05, 0) is 23.1 Å². The number of hydrogen-bond acceptors (Lipinski definition) is 1. The van der Waals surface area contributed by atoms with Crippen molar-refractivity contribution in [2.75, 3.05) is 0 Å². The molecule has 1 aromatic heterocycles. The van der Waals surface area contributed by atoms with Gasteiger partial charge in [0.2, 0.25) is 5.95 Å². The number of nitrogens with zero attached hydrogens (tertiary/aromatic N) is 1. The van der Waals surface area contributed by atoms with Crippen LogP contribution in [0.5, 0.6) is 0 Å². The molecule has 0 aliphatic rings. The third-order valence-corrected chi connectivity index (χ3v) is 2.69. The molecule has 1 N–H and O–H groups in total. The SMILES string of the molecule is CC(C)(C)c1c(Cl)ccc2n[nH]c(F)c12. The van der Waals surface area contributed by atoms with Crippen molar-refractivity contribution in [3.8, 4) is 0 Å². The summed E-state index contributed by atoms with van der Waals surface area (Å²) in [4.78, 5) is 0. The molecule has 1 heterocycles. The Morgan fingerprint density at radius 1 is 1.33 bits per heavy atom. The summed E-state index contributed by atoms with van der Waals surface area (Å²) in [6, 6.07) is 3.47. The van der Waals surface area contributed by atoms with E-state index in [-0.39, 0.29) is 5.41 Å². The molecule has 4 heteroatoms. The van der Waals surface area contributed by atoms with Gasteiger partial charge in [-0.2, -0.15) is 9.49 Å². The molecule has 15 heavy (non-hydrogen) atoms. The number of rotatable bonds is 0. The minimum atomic E-state index is -0.419. The summed E-state index contributed by atoms with van der Waals surface area (Å²) in [6.45, 7) is 6.00. The van der Waals surface area contributed by atoms with E-state index in [9.17, 15) is 4.39 Å². The fourth-order valence-electron chi connectivity index (χ4n) is 1.78. The Hall–Kier alpha value is -1.09. The van der Waals surface area contributed by atoms with Crippen molar-refractivity contribution in [3.63, 3.8) is 0 Å². The Morgan fingerprint density at radius 2 is 2.00 bits per heavy atom. The number of fused-ring (bicyclic) bond motifs is 1. The molecular formula is C11H12ClFN2. The van der Waals surface area contributed by atoms with Crippen LogP contribution in [0.25, 0.3) is 10.9 Å². The van der Waals surface area contributed by atoms with Crippen LogP contribution >= 0.6 is 11.6 Å². The number of hydrogen-bond donors (Lipinski definition) is 1. The molecule has 0 unspecified atom stereocenters. The van der Waals surface area contributed by atoms with Crippen LogP contribution in [0.4, 0.5) is 4.39 Å². The van der Waals surface area contributed by atoms with Crippen LogP contribution in [0.3, 0.4) is 0 Å². The number of benzene rings is 1. The Morgan fingerprint density at radius 3 is 2.60 bits per heavy atom. The molecule has 0 saturated carbocycles. The van der Waals surface area contributed by atoms with Crippen LogP contribution in [0.15, 0.2) is 12.1 Å². The van der Waals surface area contributed by atoms with Gasteiger partial charge in [0.15, 0.2) is 0 Å². The van der Waals surface area contributed by atoms with E-state index in [2.05, 4.69) is 10.2 Å². The molecule has 80 valence electrons. The number of H-pyrrole nitrogens is 1. The normalized spacial score (nSPS) is 12.3. The molecule has 0 amide bonds. The van der Waals surface area contributed by atoms with E-state index in [1.807, 2.05) is 20.8 Å². The Bertz CT molecular complexity index is 511. The summed E-state index contributed by atoms with van der Waals surface area (Å²) in [6.07, 6.45) is 0. The highest BCUT2D eigenvalue weighted by molar-refractivity contribution is 6.32. The first-order chi connectivity index (χ1) is 6.91. The van der Waals surface area contributed by atoms with E-state index in [0.717, 1.165) is 5.56 Å². The van der Waals surface area contributed by atoms with Crippen LogP contribution in [0.2, 0.25) is 5.02 Å². The molecule has 0 atom stereocenters. The van der Waals surface area contributed by atoms with Gasteiger partial charge in [0.1, 0.15) is 0 Å². The average Bonchev–Trinajstić information content (AvgIpc) is 2.46. The molecule has 0 bridgehead atoms. The average molecular weight is 227 g/mol. The highest BCUT2D eigenvalue weighted by atomic mass is 35.5. The lowest BCUT2D eigenvalue weighted by Crippen LogP contribution is -2.12. The van der Waals surface area contributed by atoms with Crippen molar-refractivity contribution < 1.29 is 4.39 Å². The zero-order chi connectivity index (χ0) is 11.2. The van der Waals surface area contributed by atoms with Crippen molar-refractivity contribution in [3.05, 3.63) is 28.7 Å². The van der Waals surface area contributed by atoms with Crippen molar-refractivity contribution in [1.82, 2.24) is 10.2 Å². The number of aromatic nitrogens is 2. The van der Waals surface area contributed by atoms with Gasteiger partial charge in [0.25, 0.3) is 0 Å². The summed E-state index contributed by atoms with van der Waals surface area (Å²) < 4.78 is 13.5. The van der Waals surface area contributed by atoms with Crippen LogP contribution in [0, 0.1) is 5.95 Å². The van der Waals surface area contributed by atoms with Gasteiger partial charge in [0.05, 0.1) is 10.9 Å². The van der Waals surface area contributed by atoms with Crippen molar-refractivity contribution in [2.24, 2.45) is 0 Å². The van der Waals surface area contributed by atoms with Crippen LogP contribution in [-0.4, -0.2) is 10.2 Å². The molecule has 0 aliphatic carbocycles. The van der Waals surface area contributed by atoms with Gasteiger partial charge in [0, 0.05) is 5.02 Å². The topological polar surface area (TPSA) is 28.7 Å². The fourth-order valence-corrected chi connectivity index (χ4v) is 2.22. The highest BCUT2D eigenvalue weighted by Crippen LogP contribution is 2.36. The Labute approximate surface area is 92.4 Å². The second-order valence-electron chi connectivity index (χ2n) is 4.60. The van der Waals surface area contributed by atoms with Crippen molar-refractivity contribution >= 4 is 22.5 Å². The summed E-state index contributed by atoms with van der Waals surface area (Å²) in [5, 5.41) is 7.29. The third kappa shape index (κ3) is 1.61. The quantitative estimate of drug-likeness (QED) is 0.730. The van der Waals surface area contributed by atoms with Gasteiger partial charge >= 0.3 is 0 Å². The molecule has 2 aromatic rings. The van der Waals surface area contributed by atoms with Crippen LogP contribution in [0.1, 0.15) is 26.3 Å². The largest absolute Gasteiger partial charge is 0.252 e. The number of aromatic amines is 1. The molecule has 0 aliphatic heterocycles. The number of nitrogens with one attached hydrogen (secondary N) is 1. The summed E-state index contributed by atoms with van der Waals surface area (Å²) in [7, 11) is 0. The monoisotopic (exact) mass is 226 g/mol. The molecule has 0 saturated heterocycles. The van der Waals surface area contributed by atoms with Gasteiger partial charge in [-0.25, -0.2) is 0 Å². The lowest BCUT2D eigenvalue weighted by Gasteiger charge is -2.21. The van der Waals surface area contributed by atoms with Gasteiger partial charge in [-0.3, -0.25) is 5.10 Å². The first kappa shape index (κ1) is 10.4. The summed E-state index contributed by atoms with van der Waals surface area (Å²) in [5.41, 5.74) is 1.20. The fraction of sp³-hybridized carbons (Fsp3) is 0.364. The van der Waals surface area contributed by atoms with Gasteiger partial charge in [-0.1, -0.05) is 32.4 Å². The van der Waals surface area contributed by atoms with Crippen molar-refractivity contribution in [2.45, 2.75) is 26.2 Å². The number of halogens is 2. The Balaban J connectivity index is 2.90. The van der Waals surface area contributed by atoms with E-state index in [4.69, 9.17) is 11.6 Å². The zero-order valence-corrected chi connectivity index (χ0v) is 9.61. The van der Waals surface area contributed by atoms with E-state index < -0.39 is 5.95 Å². The molecular weight excluding hydrogens is 215 g/mol. The summed E-state index contributed by atoms with van der Waals surface area (Å²) >= 11 is 6.11. The minimum Gasteiger partial charge on any atom is -0.252 e. The zero-order valence-electron chi connectivity index (χ0n) is 8.86. The molecule has 1 aromatic carbocycles. The van der Waals surface area contributed by atoms with Crippen molar-refractivity contribution in [1.29, 1.82) is 0 Å². The lowest BCUT2D eigenvalue weighted by molar-refractivity contribution is 0.571. The van der Waals surface area contributed by atoms with E-state index in [1.54, 1.807) is 12.1 Å². The minimum absolute atomic E-state index is 0.207. The Kier molecular flexibility index (Phi) is 2.23. The first-order valence-electron chi connectivity index (χ1n) is 4.74.